The van der Waals surface area contributed by atoms with Crippen LogP contribution in [0.2, 0.25) is 0 Å². The van der Waals surface area contributed by atoms with Crippen LogP contribution in [-0.4, -0.2) is 54.6 Å². The molecule has 1 aliphatic heterocycles. The average Bonchev–Trinajstić information content (AvgIpc) is 2.61. The lowest BCUT2D eigenvalue weighted by Crippen LogP contribution is -2.35. The maximum atomic E-state index is 6.13. The van der Waals surface area contributed by atoms with E-state index < -0.39 is 0 Å². The molecule has 2 unspecified atom stereocenters. The van der Waals surface area contributed by atoms with Crippen molar-refractivity contribution in [1.82, 2.24) is 14.9 Å². The van der Waals surface area contributed by atoms with Crippen molar-refractivity contribution in [2.75, 3.05) is 38.6 Å². The quantitative estimate of drug-likeness (QED) is 0.766. The number of hydrogen-bond acceptors (Lipinski definition) is 5. The van der Waals surface area contributed by atoms with Crippen LogP contribution in [0.1, 0.15) is 0 Å². The van der Waals surface area contributed by atoms with Crippen molar-refractivity contribution in [3.8, 4) is 0 Å². The Morgan fingerprint density at radius 1 is 1.38 bits per heavy atom. The number of aromatic nitrogens is 2. The molecular formula is C11H19N5. The smallest absolute Gasteiger partial charge is 0.225 e. The van der Waals surface area contributed by atoms with E-state index in [1.165, 1.54) is 0 Å². The molecule has 0 bridgehead atoms. The fourth-order valence-corrected chi connectivity index (χ4v) is 2.18. The third-order valence-electron chi connectivity index (χ3n) is 2.93. The van der Waals surface area contributed by atoms with Crippen molar-refractivity contribution in [1.29, 1.82) is 0 Å². The van der Waals surface area contributed by atoms with Gasteiger partial charge >= 0.3 is 0 Å². The highest BCUT2D eigenvalue weighted by atomic mass is 15.3. The van der Waals surface area contributed by atoms with Gasteiger partial charge in [-0.2, -0.15) is 0 Å². The average molecular weight is 221 g/mol. The molecule has 0 radical (unpaired) electrons. The summed E-state index contributed by atoms with van der Waals surface area (Å²) in [6, 6.07) is 2.04. The molecular weight excluding hydrogens is 202 g/mol. The molecule has 5 nitrogen and oxygen atoms in total. The van der Waals surface area contributed by atoms with E-state index in [0.717, 1.165) is 25.6 Å². The van der Waals surface area contributed by atoms with Crippen molar-refractivity contribution in [3.05, 3.63) is 18.5 Å². The third kappa shape index (κ3) is 2.48. The van der Waals surface area contributed by atoms with Gasteiger partial charge in [-0.05, 0) is 20.2 Å². The third-order valence-corrected chi connectivity index (χ3v) is 2.93. The minimum atomic E-state index is 0.214. The lowest BCUT2D eigenvalue weighted by atomic mass is 10.0. The summed E-state index contributed by atoms with van der Waals surface area (Å²) < 4.78 is 0. The van der Waals surface area contributed by atoms with Gasteiger partial charge in [-0.25, -0.2) is 9.97 Å². The molecule has 2 rings (SSSR count). The van der Waals surface area contributed by atoms with Crippen molar-refractivity contribution >= 4 is 5.95 Å². The van der Waals surface area contributed by atoms with E-state index in [1.54, 1.807) is 12.4 Å². The molecule has 0 spiro atoms. The molecule has 2 atom stereocenters. The van der Waals surface area contributed by atoms with Gasteiger partial charge < -0.3 is 15.5 Å². The first kappa shape index (κ1) is 11.3. The van der Waals surface area contributed by atoms with Gasteiger partial charge in [0, 0.05) is 44.0 Å². The largest absolute Gasteiger partial charge is 0.339 e. The van der Waals surface area contributed by atoms with Crippen LogP contribution in [0.15, 0.2) is 18.5 Å². The molecule has 0 aromatic carbocycles. The summed E-state index contributed by atoms with van der Waals surface area (Å²) in [5, 5.41) is 0. The second kappa shape index (κ2) is 4.76. The molecule has 16 heavy (non-hydrogen) atoms. The predicted molar refractivity (Wildman–Crippen MR) is 64.3 cm³/mol. The molecule has 2 N–H and O–H groups in total. The maximum absolute atomic E-state index is 6.13. The number of rotatable bonds is 3. The van der Waals surface area contributed by atoms with Crippen LogP contribution < -0.4 is 10.6 Å². The van der Waals surface area contributed by atoms with Gasteiger partial charge in [-0.1, -0.05) is 0 Å². The topological polar surface area (TPSA) is 58.3 Å². The minimum absolute atomic E-state index is 0.214. The summed E-state index contributed by atoms with van der Waals surface area (Å²) in [7, 11) is 4.16. The van der Waals surface area contributed by atoms with Crippen LogP contribution in [0.3, 0.4) is 0 Å². The van der Waals surface area contributed by atoms with Crippen molar-refractivity contribution < 1.29 is 0 Å². The number of nitrogens with zero attached hydrogens (tertiary/aromatic N) is 4. The fraction of sp³-hybridized carbons (Fsp3) is 0.636. The number of nitrogens with two attached hydrogens (primary N) is 1. The van der Waals surface area contributed by atoms with Gasteiger partial charge in [-0.3, -0.25) is 0 Å². The molecule has 2 heterocycles. The molecule has 5 heteroatoms. The Morgan fingerprint density at radius 3 is 2.69 bits per heavy atom. The highest BCUT2D eigenvalue weighted by Gasteiger charge is 2.31. The normalized spacial score (nSPS) is 25.4. The first-order valence-corrected chi connectivity index (χ1v) is 5.59. The van der Waals surface area contributed by atoms with Gasteiger partial charge in [0.15, 0.2) is 0 Å². The molecule has 0 aliphatic carbocycles. The van der Waals surface area contributed by atoms with E-state index in [4.69, 9.17) is 5.73 Å². The summed E-state index contributed by atoms with van der Waals surface area (Å²) in [5.41, 5.74) is 6.13. The van der Waals surface area contributed by atoms with E-state index in [-0.39, 0.29) is 6.04 Å². The standard InChI is InChI=1S/C11H19N5/c1-15(2)6-9-7-16(8-10(9)12)11-13-4-3-5-14-11/h3-5,9-10H,6-8,12H2,1-2H3. The van der Waals surface area contributed by atoms with E-state index in [2.05, 4.69) is 33.9 Å². The SMILES string of the molecule is CN(C)CC1CN(c2ncccn2)CC1N. The lowest BCUT2D eigenvalue weighted by Gasteiger charge is -2.19. The van der Waals surface area contributed by atoms with Crippen molar-refractivity contribution in [2.45, 2.75) is 6.04 Å². The first-order valence-electron chi connectivity index (χ1n) is 5.59. The van der Waals surface area contributed by atoms with Crippen LogP contribution in [0.5, 0.6) is 0 Å². The maximum Gasteiger partial charge on any atom is 0.225 e. The van der Waals surface area contributed by atoms with Crippen molar-refractivity contribution in [2.24, 2.45) is 11.7 Å². The summed E-state index contributed by atoms with van der Waals surface area (Å²) in [5.74, 6) is 1.29. The van der Waals surface area contributed by atoms with Crippen LogP contribution >= 0.6 is 0 Å². The summed E-state index contributed by atoms with van der Waals surface area (Å²) in [6.45, 7) is 2.82. The zero-order valence-electron chi connectivity index (χ0n) is 9.87. The molecule has 1 aromatic heterocycles. The molecule has 1 fully saturated rings. The predicted octanol–water partition coefficient (Wildman–Crippen LogP) is -0.198. The zero-order chi connectivity index (χ0) is 11.5. The van der Waals surface area contributed by atoms with Crippen LogP contribution in [-0.2, 0) is 0 Å². The minimum Gasteiger partial charge on any atom is -0.339 e. The summed E-state index contributed by atoms with van der Waals surface area (Å²) in [4.78, 5) is 12.9. The highest BCUT2D eigenvalue weighted by Crippen LogP contribution is 2.19. The van der Waals surface area contributed by atoms with Gasteiger partial charge in [-0.15, -0.1) is 0 Å². The monoisotopic (exact) mass is 221 g/mol. The van der Waals surface area contributed by atoms with Gasteiger partial charge in [0.2, 0.25) is 5.95 Å². The van der Waals surface area contributed by atoms with Crippen LogP contribution in [0.4, 0.5) is 5.95 Å². The Balaban J connectivity index is 2.01. The second-order valence-corrected chi connectivity index (χ2v) is 4.64. The zero-order valence-corrected chi connectivity index (χ0v) is 9.87. The second-order valence-electron chi connectivity index (χ2n) is 4.64. The van der Waals surface area contributed by atoms with Gasteiger partial charge in [0.25, 0.3) is 0 Å². The molecule has 1 aromatic rings. The lowest BCUT2D eigenvalue weighted by molar-refractivity contribution is 0.323. The number of anilines is 1. The van der Waals surface area contributed by atoms with E-state index in [9.17, 15) is 0 Å². The fourth-order valence-electron chi connectivity index (χ4n) is 2.18. The molecule has 1 saturated heterocycles. The summed E-state index contributed by atoms with van der Waals surface area (Å²) in [6.07, 6.45) is 3.54. The Hall–Kier alpha value is -1.20. The molecule has 1 aliphatic rings. The van der Waals surface area contributed by atoms with Gasteiger partial charge in [0.05, 0.1) is 0 Å². The Bertz CT molecular complexity index is 326. The Labute approximate surface area is 96.3 Å². The molecule has 0 saturated carbocycles. The number of hydrogen-bond donors (Lipinski definition) is 1. The van der Waals surface area contributed by atoms with Crippen molar-refractivity contribution in [3.63, 3.8) is 0 Å². The van der Waals surface area contributed by atoms with E-state index in [0.29, 0.717) is 5.92 Å². The van der Waals surface area contributed by atoms with Crippen LogP contribution in [0, 0.1) is 5.92 Å². The molecule has 0 amide bonds. The van der Waals surface area contributed by atoms with E-state index >= 15 is 0 Å². The van der Waals surface area contributed by atoms with Gasteiger partial charge in [0.1, 0.15) is 0 Å². The Morgan fingerprint density at radius 2 is 2.06 bits per heavy atom. The summed E-state index contributed by atoms with van der Waals surface area (Å²) >= 11 is 0. The molecule has 88 valence electrons. The Kier molecular flexibility index (Phi) is 3.36. The van der Waals surface area contributed by atoms with Crippen LogP contribution in [0.25, 0.3) is 0 Å². The van der Waals surface area contributed by atoms with E-state index in [1.807, 2.05) is 6.07 Å². The first-order chi connectivity index (χ1) is 7.66. The highest BCUT2D eigenvalue weighted by molar-refractivity contribution is 5.31.